The van der Waals surface area contributed by atoms with Gasteiger partial charge in [-0.25, -0.2) is 4.39 Å². The summed E-state index contributed by atoms with van der Waals surface area (Å²) in [5, 5.41) is 0. The minimum absolute atomic E-state index is 0.00544. The minimum atomic E-state index is -3.47. The average Bonchev–Trinajstić information content (AvgIpc) is 2.57. The van der Waals surface area contributed by atoms with Gasteiger partial charge in [0.05, 0.1) is 12.2 Å². The number of halogens is 5. The molecule has 0 amide bonds. The first-order chi connectivity index (χ1) is 11.8. The van der Waals surface area contributed by atoms with Crippen molar-refractivity contribution in [3.05, 3.63) is 65.0 Å². The summed E-state index contributed by atoms with van der Waals surface area (Å²) < 4.78 is 74.2. The lowest BCUT2D eigenvalue weighted by atomic mass is 10.1. The van der Waals surface area contributed by atoms with Crippen molar-refractivity contribution in [1.82, 2.24) is 0 Å². The molecule has 0 fully saturated rings. The average molecular weight is 360 g/mol. The maximum absolute atomic E-state index is 14.0. The normalized spacial score (nSPS) is 11.8. The van der Waals surface area contributed by atoms with Gasteiger partial charge >= 0.3 is 12.7 Å². The second-order valence-corrected chi connectivity index (χ2v) is 5.31. The molecule has 0 radical (unpaired) electrons. The maximum atomic E-state index is 14.0. The number of benzene rings is 2. The summed E-state index contributed by atoms with van der Waals surface area (Å²) in [5.74, 6) is -1.58. The monoisotopic (exact) mass is 360 g/mol. The van der Waals surface area contributed by atoms with Gasteiger partial charge in [-0.15, -0.1) is 0 Å². The molecule has 136 valence electrons. The molecule has 0 atom stereocenters. The van der Waals surface area contributed by atoms with Gasteiger partial charge in [-0.1, -0.05) is 37.3 Å². The molecule has 2 nitrogen and oxygen atoms in total. The zero-order valence-corrected chi connectivity index (χ0v) is 13.4. The van der Waals surface area contributed by atoms with E-state index in [-0.39, 0.29) is 18.6 Å². The van der Waals surface area contributed by atoms with E-state index in [2.05, 4.69) is 9.47 Å². The van der Waals surface area contributed by atoms with Gasteiger partial charge in [-0.05, 0) is 36.1 Å². The fourth-order valence-corrected chi connectivity index (χ4v) is 2.21. The zero-order valence-electron chi connectivity index (χ0n) is 13.4. The molecule has 0 N–H and O–H groups in total. The highest BCUT2D eigenvalue weighted by Crippen LogP contribution is 2.30. The van der Waals surface area contributed by atoms with Crippen molar-refractivity contribution in [3.63, 3.8) is 0 Å². The predicted molar refractivity (Wildman–Crippen MR) is 82.4 cm³/mol. The van der Waals surface area contributed by atoms with Crippen molar-refractivity contribution in [1.29, 1.82) is 0 Å². The molecule has 0 heterocycles. The largest absolute Gasteiger partial charge is 0.432 e. The van der Waals surface area contributed by atoms with Crippen LogP contribution in [0.4, 0.5) is 22.0 Å². The Morgan fingerprint density at radius 1 is 1.00 bits per heavy atom. The number of hydrogen-bond acceptors (Lipinski definition) is 2. The molecule has 0 saturated heterocycles. The Morgan fingerprint density at radius 2 is 1.64 bits per heavy atom. The molecule has 0 aliphatic carbocycles. The first kappa shape index (κ1) is 19.2. The van der Waals surface area contributed by atoms with Crippen molar-refractivity contribution in [2.24, 2.45) is 0 Å². The van der Waals surface area contributed by atoms with Crippen LogP contribution in [0.5, 0.6) is 5.75 Å². The van der Waals surface area contributed by atoms with Gasteiger partial charge in [0.15, 0.2) is 11.6 Å². The third-order valence-electron chi connectivity index (χ3n) is 3.58. The smallest absolute Gasteiger partial charge is 0.387 e. The van der Waals surface area contributed by atoms with Gasteiger partial charge in [-0.3, -0.25) is 0 Å². The van der Waals surface area contributed by atoms with Crippen molar-refractivity contribution >= 4 is 0 Å². The fourth-order valence-electron chi connectivity index (χ4n) is 2.21. The van der Waals surface area contributed by atoms with E-state index < -0.39 is 24.3 Å². The SMILES string of the molecule is CCc1ccc(C(F)(F)OCCc2ccc(OC(F)F)c(F)c2)cc1. The highest BCUT2D eigenvalue weighted by atomic mass is 19.3. The lowest BCUT2D eigenvalue weighted by Crippen LogP contribution is -2.19. The van der Waals surface area contributed by atoms with Crippen LogP contribution in [-0.2, 0) is 23.7 Å². The highest BCUT2D eigenvalue weighted by molar-refractivity contribution is 5.29. The summed E-state index contributed by atoms with van der Waals surface area (Å²) in [6.07, 6.45) is -2.73. The maximum Gasteiger partial charge on any atom is 0.387 e. The summed E-state index contributed by atoms with van der Waals surface area (Å²) in [7, 11) is 0. The molecule has 0 aliphatic rings. The lowest BCUT2D eigenvalue weighted by Gasteiger charge is -2.17. The Balaban J connectivity index is 1.93. The minimum Gasteiger partial charge on any atom is -0.432 e. The van der Waals surface area contributed by atoms with Gasteiger partial charge < -0.3 is 9.47 Å². The van der Waals surface area contributed by atoms with Crippen molar-refractivity contribution in [3.8, 4) is 5.75 Å². The summed E-state index contributed by atoms with van der Waals surface area (Å²) in [5.41, 5.74) is 0.994. The molecule has 0 saturated carbocycles. The number of aryl methyl sites for hydroxylation is 1. The molecule has 2 aromatic carbocycles. The molecule has 0 aliphatic heterocycles. The second-order valence-electron chi connectivity index (χ2n) is 5.31. The molecule has 7 heteroatoms. The highest BCUT2D eigenvalue weighted by Gasteiger charge is 2.32. The Hall–Kier alpha value is -2.15. The number of rotatable bonds is 8. The number of alkyl halides is 4. The van der Waals surface area contributed by atoms with Gasteiger partial charge in [-0.2, -0.15) is 17.6 Å². The molecule has 2 rings (SSSR count). The summed E-state index contributed by atoms with van der Waals surface area (Å²) in [6, 6.07) is 9.10. The standard InChI is InChI=1S/C18H17F5O2/c1-2-12-3-6-14(7-4-12)18(22,23)24-10-9-13-5-8-16(15(19)11-13)25-17(20)21/h3-8,11,17H,2,9-10H2,1H3. The summed E-state index contributed by atoms with van der Waals surface area (Å²) in [4.78, 5) is 0. The van der Waals surface area contributed by atoms with Crippen LogP contribution in [-0.4, -0.2) is 13.2 Å². The van der Waals surface area contributed by atoms with E-state index in [0.717, 1.165) is 24.1 Å². The Labute approximate surface area is 142 Å². The van der Waals surface area contributed by atoms with Gasteiger partial charge in [0.25, 0.3) is 0 Å². The first-order valence-corrected chi connectivity index (χ1v) is 7.66. The van der Waals surface area contributed by atoms with Crippen molar-refractivity contribution in [2.45, 2.75) is 32.5 Å². The van der Waals surface area contributed by atoms with E-state index in [9.17, 15) is 22.0 Å². The quantitative estimate of drug-likeness (QED) is 0.595. The van der Waals surface area contributed by atoms with E-state index in [0.29, 0.717) is 5.56 Å². The van der Waals surface area contributed by atoms with E-state index in [1.165, 1.54) is 18.2 Å². The van der Waals surface area contributed by atoms with Crippen LogP contribution < -0.4 is 4.74 Å². The van der Waals surface area contributed by atoms with Crippen LogP contribution >= 0.6 is 0 Å². The van der Waals surface area contributed by atoms with Crippen LogP contribution in [0.1, 0.15) is 23.6 Å². The molecule has 0 aromatic heterocycles. The van der Waals surface area contributed by atoms with Gasteiger partial charge in [0, 0.05) is 0 Å². The molecule has 2 aromatic rings. The number of hydrogen-bond donors (Lipinski definition) is 0. The second kappa shape index (κ2) is 8.29. The summed E-state index contributed by atoms with van der Waals surface area (Å²) >= 11 is 0. The van der Waals surface area contributed by atoms with Gasteiger partial charge in [0.1, 0.15) is 0 Å². The van der Waals surface area contributed by atoms with Crippen LogP contribution in [0, 0.1) is 5.82 Å². The van der Waals surface area contributed by atoms with E-state index in [4.69, 9.17) is 0 Å². The van der Waals surface area contributed by atoms with Crippen molar-refractivity contribution in [2.75, 3.05) is 6.61 Å². The Bertz CT molecular complexity index is 686. The predicted octanol–water partition coefficient (Wildman–Crippen LogP) is 5.30. The molecule has 0 unspecified atom stereocenters. The van der Waals surface area contributed by atoms with Crippen LogP contribution in [0.25, 0.3) is 0 Å². The molecular weight excluding hydrogens is 343 g/mol. The Morgan fingerprint density at radius 3 is 2.20 bits per heavy atom. The van der Waals surface area contributed by atoms with Crippen LogP contribution in [0.2, 0.25) is 0 Å². The fraction of sp³-hybridized carbons (Fsp3) is 0.333. The number of ether oxygens (including phenoxy) is 2. The third-order valence-corrected chi connectivity index (χ3v) is 3.58. The molecule has 0 bridgehead atoms. The summed E-state index contributed by atoms with van der Waals surface area (Å²) in [6.45, 7) is -1.58. The van der Waals surface area contributed by atoms with E-state index in [1.807, 2.05) is 6.92 Å². The third kappa shape index (κ3) is 5.42. The molecule has 0 spiro atoms. The molecule has 25 heavy (non-hydrogen) atoms. The topological polar surface area (TPSA) is 18.5 Å². The Kier molecular flexibility index (Phi) is 6.36. The van der Waals surface area contributed by atoms with E-state index in [1.54, 1.807) is 12.1 Å². The molecular formula is C18H17F5O2. The van der Waals surface area contributed by atoms with Crippen molar-refractivity contribution < 1.29 is 31.4 Å². The van der Waals surface area contributed by atoms with Crippen LogP contribution in [0.15, 0.2) is 42.5 Å². The first-order valence-electron chi connectivity index (χ1n) is 7.66. The van der Waals surface area contributed by atoms with E-state index >= 15 is 0 Å². The zero-order chi connectivity index (χ0) is 18.4. The van der Waals surface area contributed by atoms with Gasteiger partial charge in [0.2, 0.25) is 0 Å². The lowest BCUT2D eigenvalue weighted by molar-refractivity contribution is -0.248. The van der Waals surface area contributed by atoms with Crippen LogP contribution in [0.3, 0.4) is 0 Å².